The van der Waals surface area contributed by atoms with Crippen LogP contribution in [0, 0.1) is 18.3 Å². The maximum Gasteiger partial charge on any atom is 0.241 e. The van der Waals surface area contributed by atoms with Gasteiger partial charge >= 0.3 is 0 Å². The molecule has 0 unspecified atom stereocenters. The Morgan fingerprint density at radius 3 is 2.45 bits per heavy atom. The van der Waals surface area contributed by atoms with Gasteiger partial charge in [-0.3, -0.25) is 9.48 Å². The molecule has 0 radical (unpaired) electrons. The van der Waals surface area contributed by atoms with Gasteiger partial charge in [-0.15, -0.1) is 0 Å². The number of aromatic nitrogens is 2. The number of sulfonamides is 1. The summed E-state index contributed by atoms with van der Waals surface area (Å²) in [5.74, 6) is 0.224. The summed E-state index contributed by atoms with van der Waals surface area (Å²) in [6.45, 7) is 5.79. The molecule has 0 saturated heterocycles. The van der Waals surface area contributed by atoms with E-state index in [0.717, 1.165) is 19.3 Å². The van der Waals surface area contributed by atoms with Crippen molar-refractivity contribution in [2.45, 2.75) is 51.5 Å². The molecule has 1 aliphatic rings. The third-order valence-electron chi connectivity index (χ3n) is 4.85. The summed E-state index contributed by atoms with van der Waals surface area (Å²) >= 11 is 0. The van der Waals surface area contributed by atoms with E-state index in [0.29, 0.717) is 5.69 Å². The van der Waals surface area contributed by atoms with Crippen molar-refractivity contribution in [1.82, 2.24) is 15.1 Å². The van der Waals surface area contributed by atoms with E-state index in [4.69, 9.17) is 5.14 Å². The number of nitrogens with zero attached hydrogens (tertiary/aromatic N) is 2. The van der Waals surface area contributed by atoms with Gasteiger partial charge in [-0.2, -0.15) is 5.10 Å². The molecule has 7 nitrogen and oxygen atoms in total. The summed E-state index contributed by atoms with van der Waals surface area (Å²) in [5.41, 5.74) is 0.425. The predicted octanol–water partition coefficient (Wildman–Crippen LogP) is 0.818. The fourth-order valence-corrected chi connectivity index (χ4v) is 4.09. The summed E-state index contributed by atoms with van der Waals surface area (Å²) in [7, 11) is -2.22. The Balaban J connectivity index is 2.19. The molecule has 1 amide bonds. The second kappa shape index (κ2) is 5.66. The molecule has 1 aliphatic carbocycles. The summed E-state index contributed by atoms with van der Waals surface area (Å²) in [6.07, 6.45) is 2.80. The highest BCUT2D eigenvalue weighted by molar-refractivity contribution is 7.89. The molecule has 1 aromatic rings. The van der Waals surface area contributed by atoms with Crippen LogP contribution in [-0.2, 0) is 28.4 Å². The zero-order chi connectivity index (χ0) is 16.7. The van der Waals surface area contributed by atoms with E-state index >= 15 is 0 Å². The minimum Gasteiger partial charge on any atom is -0.350 e. The number of carbonyl (C=O) groups excluding carboxylic acids is 1. The average Bonchev–Trinajstić information content (AvgIpc) is 2.60. The van der Waals surface area contributed by atoms with Gasteiger partial charge in [0.1, 0.15) is 10.6 Å². The van der Waals surface area contributed by atoms with Crippen LogP contribution in [-0.4, -0.2) is 24.1 Å². The number of carbonyl (C=O) groups is 1. The second-order valence-corrected chi connectivity index (χ2v) is 7.88. The van der Waals surface area contributed by atoms with Gasteiger partial charge in [0.05, 0.1) is 17.7 Å². The fraction of sp³-hybridized carbons (Fsp3) is 0.714. The zero-order valence-corrected chi connectivity index (χ0v) is 14.3. The first-order valence-corrected chi connectivity index (χ1v) is 8.98. The normalized spacial score (nSPS) is 17.4. The molecule has 1 saturated carbocycles. The smallest absolute Gasteiger partial charge is 0.241 e. The van der Waals surface area contributed by atoms with Gasteiger partial charge in [0, 0.05) is 7.05 Å². The van der Waals surface area contributed by atoms with Crippen molar-refractivity contribution >= 4 is 15.9 Å². The number of hydrogen-bond donors (Lipinski definition) is 2. The van der Waals surface area contributed by atoms with Gasteiger partial charge < -0.3 is 5.32 Å². The highest BCUT2D eigenvalue weighted by Gasteiger charge is 2.46. The van der Waals surface area contributed by atoms with E-state index in [-0.39, 0.29) is 34.4 Å². The average molecular weight is 328 g/mol. The number of hydrogen-bond acceptors (Lipinski definition) is 4. The molecule has 1 aromatic heterocycles. The first-order valence-electron chi connectivity index (χ1n) is 7.43. The van der Waals surface area contributed by atoms with Crippen LogP contribution >= 0.6 is 0 Å². The summed E-state index contributed by atoms with van der Waals surface area (Å²) < 4.78 is 24.9. The molecule has 0 atom stereocenters. The Labute approximate surface area is 131 Å². The van der Waals surface area contributed by atoms with Crippen LogP contribution in [0.3, 0.4) is 0 Å². The topological polar surface area (TPSA) is 107 Å². The molecule has 8 heteroatoms. The monoisotopic (exact) mass is 328 g/mol. The molecule has 2 rings (SSSR count). The van der Waals surface area contributed by atoms with Crippen LogP contribution in [0.4, 0.5) is 0 Å². The van der Waals surface area contributed by atoms with Crippen molar-refractivity contribution in [3.63, 3.8) is 0 Å². The molecule has 0 aromatic carbocycles. The summed E-state index contributed by atoms with van der Waals surface area (Å²) in [4.78, 5) is 12.5. The van der Waals surface area contributed by atoms with Gasteiger partial charge in [-0.05, 0) is 25.7 Å². The van der Waals surface area contributed by atoms with Crippen molar-refractivity contribution in [3.05, 3.63) is 11.4 Å². The Morgan fingerprint density at radius 1 is 1.45 bits per heavy atom. The van der Waals surface area contributed by atoms with Crippen LogP contribution in [0.1, 0.15) is 44.5 Å². The highest BCUT2D eigenvalue weighted by atomic mass is 32.2. The Bertz CT molecular complexity index is 687. The lowest BCUT2D eigenvalue weighted by Crippen LogP contribution is -2.48. The Morgan fingerprint density at radius 2 is 2.05 bits per heavy atom. The van der Waals surface area contributed by atoms with Crippen LogP contribution in [0.15, 0.2) is 4.90 Å². The molecular weight excluding hydrogens is 304 g/mol. The molecule has 3 N–H and O–H groups in total. The number of amides is 1. The zero-order valence-electron chi connectivity index (χ0n) is 13.5. The minimum absolute atomic E-state index is 0.00232. The molecule has 22 heavy (non-hydrogen) atoms. The molecule has 0 bridgehead atoms. The van der Waals surface area contributed by atoms with E-state index in [1.165, 1.54) is 4.68 Å². The van der Waals surface area contributed by atoms with Crippen molar-refractivity contribution in [2.75, 3.05) is 0 Å². The molecule has 1 heterocycles. The lowest BCUT2D eigenvalue weighted by molar-refractivity contribution is -0.140. The van der Waals surface area contributed by atoms with Crippen molar-refractivity contribution < 1.29 is 13.2 Å². The third kappa shape index (κ3) is 2.77. The number of nitrogens with two attached hydrogens (primary N) is 1. The van der Waals surface area contributed by atoms with Crippen LogP contribution in [0.5, 0.6) is 0 Å². The first-order chi connectivity index (χ1) is 10.1. The van der Waals surface area contributed by atoms with Crippen molar-refractivity contribution in [3.8, 4) is 0 Å². The minimum atomic E-state index is -3.87. The van der Waals surface area contributed by atoms with E-state index < -0.39 is 10.0 Å². The van der Waals surface area contributed by atoms with E-state index in [1.54, 1.807) is 14.0 Å². The largest absolute Gasteiger partial charge is 0.350 e. The SMILES string of the molecule is Cc1c(S(N)(=O)=O)c(CNC(=O)C2(C(C)C)CCC2)nn1C. The molecule has 1 fully saturated rings. The predicted molar refractivity (Wildman–Crippen MR) is 82.3 cm³/mol. The van der Waals surface area contributed by atoms with Gasteiger partial charge in [-0.25, -0.2) is 13.6 Å². The Kier molecular flexibility index (Phi) is 4.36. The van der Waals surface area contributed by atoms with E-state index in [9.17, 15) is 13.2 Å². The van der Waals surface area contributed by atoms with Gasteiger partial charge in [0.2, 0.25) is 15.9 Å². The second-order valence-electron chi connectivity index (χ2n) is 6.38. The Hall–Kier alpha value is -1.41. The molecular formula is C14H24N4O3S. The fourth-order valence-electron chi connectivity index (χ4n) is 3.11. The lowest BCUT2D eigenvalue weighted by atomic mass is 9.61. The molecule has 124 valence electrons. The summed E-state index contributed by atoms with van der Waals surface area (Å²) in [5, 5.41) is 12.3. The van der Waals surface area contributed by atoms with E-state index in [2.05, 4.69) is 10.4 Å². The maximum atomic E-state index is 12.5. The van der Waals surface area contributed by atoms with Gasteiger partial charge in [0.15, 0.2) is 0 Å². The van der Waals surface area contributed by atoms with Crippen LogP contribution < -0.4 is 10.5 Å². The standard InChI is InChI=1S/C14H24N4O3S/c1-9(2)14(6-5-7-14)13(19)16-8-11-12(22(15,20)21)10(3)18(4)17-11/h9H,5-8H2,1-4H3,(H,16,19)(H2,15,20,21). The number of rotatable bonds is 5. The van der Waals surface area contributed by atoms with Gasteiger partial charge in [0.25, 0.3) is 0 Å². The van der Waals surface area contributed by atoms with E-state index in [1.807, 2.05) is 13.8 Å². The van der Waals surface area contributed by atoms with Crippen LogP contribution in [0.25, 0.3) is 0 Å². The molecule has 0 aliphatic heterocycles. The molecule has 0 spiro atoms. The number of aryl methyl sites for hydroxylation is 1. The third-order valence-corrected chi connectivity index (χ3v) is 5.95. The first kappa shape index (κ1) is 17.0. The lowest BCUT2D eigenvalue weighted by Gasteiger charge is -2.43. The van der Waals surface area contributed by atoms with Crippen molar-refractivity contribution in [1.29, 1.82) is 0 Å². The van der Waals surface area contributed by atoms with Gasteiger partial charge in [-0.1, -0.05) is 20.3 Å². The quantitative estimate of drug-likeness (QED) is 0.834. The number of primary sulfonamides is 1. The van der Waals surface area contributed by atoms with Crippen LogP contribution in [0.2, 0.25) is 0 Å². The number of nitrogens with one attached hydrogen (secondary N) is 1. The highest BCUT2D eigenvalue weighted by Crippen LogP contribution is 2.47. The summed E-state index contributed by atoms with van der Waals surface area (Å²) in [6, 6.07) is 0. The van der Waals surface area contributed by atoms with Crippen molar-refractivity contribution in [2.24, 2.45) is 23.5 Å². The maximum absolute atomic E-state index is 12.5.